The van der Waals surface area contributed by atoms with Crippen LogP contribution in [0.2, 0.25) is 0 Å². The highest BCUT2D eigenvalue weighted by molar-refractivity contribution is 6.38. The summed E-state index contributed by atoms with van der Waals surface area (Å²) in [5, 5.41) is 7.96. The average molecular weight is 483 g/mol. The number of allylic oxidation sites excluding steroid dienone is 9. The van der Waals surface area contributed by atoms with Crippen molar-refractivity contribution in [1.82, 2.24) is 15.5 Å². The molecule has 2 aliphatic rings. The quantitative estimate of drug-likeness (QED) is 0.337. The van der Waals surface area contributed by atoms with E-state index in [9.17, 15) is 0 Å². The van der Waals surface area contributed by atoms with Gasteiger partial charge in [0.15, 0.2) is 0 Å². The van der Waals surface area contributed by atoms with E-state index in [0.717, 1.165) is 79.4 Å². The van der Waals surface area contributed by atoms with Crippen molar-refractivity contribution in [1.29, 1.82) is 0 Å². The van der Waals surface area contributed by atoms with Crippen LogP contribution in [0.5, 0.6) is 0 Å². The SMILES string of the molecule is C\C=C/N=C1\C=C(CNC(=C/C)/C(=C\C=C(/C)CC)N2CCCNCC2)C=C(Cl)\C1=C/CCC. The van der Waals surface area contributed by atoms with E-state index in [-0.39, 0.29) is 0 Å². The Balaban J connectivity index is 2.28. The lowest BCUT2D eigenvalue weighted by atomic mass is 9.98. The number of nitrogens with zero attached hydrogens (tertiary/aromatic N) is 2. The second-order valence-corrected chi connectivity index (χ2v) is 9.09. The van der Waals surface area contributed by atoms with Gasteiger partial charge in [-0.05, 0) is 70.4 Å². The van der Waals surface area contributed by atoms with Crippen molar-refractivity contribution in [3.05, 3.63) is 81.9 Å². The molecule has 34 heavy (non-hydrogen) atoms. The molecule has 2 N–H and O–H groups in total. The van der Waals surface area contributed by atoms with Crippen LogP contribution in [0.1, 0.15) is 60.3 Å². The molecule has 0 atom stereocenters. The lowest BCUT2D eigenvalue weighted by Gasteiger charge is -2.28. The van der Waals surface area contributed by atoms with Crippen LogP contribution < -0.4 is 10.6 Å². The highest BCUT2D eigenvalue weighted by Gasteiger charge is 2.18. The summed E-state index contributed by atoms with van der Waals surface area (Å²) >= 11 is 6.71. The molecule has 1 heterocycles. The smallest absolute Gasteiger partial charge is 0.0716 e. The number of unbranched alkanes of at least 4 members (excludes halogenated alkanes) is 1. The second kappa shape index (κ2) is 15.6. The first-order chi connectivity index (χ1) is 16.5. The molecule has 0 aromatic heterocycles. The van der Waals surface area contributed by atoms with E-state index in [0.29, 0.717) is 6.54 Å². The first kappa shape index (κ1) is 27.9. The van der Waals surface area contributed by atoms with Gasteiger partial charge in [-0.15, -0.1) is 0 Å². The lowest BCUT2D eigenvalue weighted by molar-refractivity contribution is 0.369. The number of aliphatic imine (C=N–C) groups is 1. The Morgan fingerprint density at radius 3 is 2.71 bits per heavy atom. The molecule has 0 aromatic carbocycles. The van der Waals surface area contributed by atoms with Gasteiger partial charge in [0.25, 0.3) is 0 Å². The third-order valence-electron chi connectivity index (χ3n) is 5.98. The molecule has 1 aliphatic heterocycles. The van der Waals surface area contributed by atoms with Crippen LogP contribution >= 0.6 is 11.6 Å². The molecular weight excluding hydrogens is 440 g/mol. The molecule has 2 rings (SSSR count). The molecule has 0 radical (unpaired) electrons. The van der Waals surface area contributed by atoms with Gasteiger partial charge in [-0.2, -0.15) is 0 Å². The van der Waals surface area contributed by atoms with Gasteiger partial charge in [0.2, 0.25) is 0 Å². The zero-order valence-electron chi connectivity index (χ0n) is 21.8. The first-order valence-electron chi connectivity index (χ1n) is 12.7. The highest BCUT2D eigenvalue weighted by atomic mass is 35.5. The Kier molecular flexibility index (Phi) is 12.8. The Bertz CT molecular complexity index is 904. The number of nitrogens with one attached hydrogen (secondary N) is 2. The van der Waals surface area contributed by atoms with Gasteiger partial charge in [-0.3, -0.25) is 4.99 Å². The Morgan fingerprint density at radius 2 is 2.00 bits per heavy atom. The molecule has 1 fully saturated rings. The largest absolute Gasteiger partial charge is 0.380 e. The Morgan fingerprint density at radius 1 is 1.18 bits per heavy atom. The number of halogens is 1. The maximum Gasteiger partial charge on any atom is 0.0716 e. The summed E-state index contributed by atoms with van der Waals surface area (Å²) in [5.41, 5.74) is 6.84. The van der Waals surface area contributed by atoms with E-state index in [2.05, 4.69) is 84.7 Å². The van der Waals surface area contributed by atoms with Crippen LogP contribution in [0.15, 0.2) is 86.9 Å². The average Bonchev–Trinajstić information content (AvgIpc) is 3.13. The standard InChI is InChI=1S/C29H43ClN4/c1-6-10-12-25-26(30)20-24(21-28(25)32-15-7-2)22-33-27(9-4)29(14-13-23(5)8-3)34-18-11-16-31-17-19-34/h7,9,12-15,20-21,31,33H,6,8,10-11,16-19,22H2,1-5H3/b15-7-,23-13+,25-12+,27-9+,29-14+,32-28+. The van der Waals surface area contributed by atoms with E-state index in [1.807, 2.05) is 19.2 Å². The predicted octanol–water partition coefficient (Wildman–Crippen LogP) is 6.78. The molecule has 5 heteroatoms. The number of hydrogen-bond acceptors (Lipinski definition) is 4. The first-order valence-corrected chi connectivity index (χ1v) is 13.1. The molecule has 0 saturated carbocycles. The molecule has 0 amide bonds. The fourth-order valence-corrected chi connectivity index (χ4v) is 4.16. The van der Waals surface area contributed by atoms with Gasteiger partial charge in [0, 0.05) is 43.0 Å². The molecule has 186 valence electrons. The van der Waals surface area contributed by atoms with Crippen LogP contribution in [0, 0.1) is 0 Å². The van der Waals surface area contributed by atoms with Crippen molar-refractivity contribution in [2.45, 2.75) is 60.3 Å². The minimum Gasteiger partial charge on any atom is -0.380 e. The van der Waals surface area contributed by atoms with Gasteiger partial charge in [-0.1, -0.05) is 61.7 Å². The van der Waals surface area contributed by atoms with Crippen molar-refractivity contribution < 1.29 is 0 Å². The number of hydrogen-bond donors (Lipinski definition) is 2. The summed E-state index contributed by atoms with van der Waals surface area (Å²) in [7, 11) is 0. The van der Waals surface area contributed by atoms with Gasteiger partial charge >= 0.3 is 0 Å². The maximum absolute atomic E-state index is 6.71. The number of rotatable bonds is 10. The molecule has 1 saturated heterocycles. The zero-order valence-corrected chi connectivity index (χ0v) is 22.5. The molecule has 0 bridgehead atoms. The third kappa shape index (κ3) is 8.81. The topological polar surface area (TPSA) is 39.7 Å². The minimum absolute atomic E-state index is 0.686. The van der Waals surface area contributed by atoms with Gasteiger partial charge in [0.1, 0.15) is 0 Å². The molecular formula is C29H43ClN4. The summed E-state index contributed by atoms with van der Waals surface area (Å²) in [5.74, 6) is 0. The van der Waals surface area contributed by atoms with Crippen molar-refractivity contribution in [2.75, 3.05) is 32.7 Å². The van der Waals surface area contributed by atoms with Crippen molar-refractivity contribution in [2.24, 2.45) is 4.99 Å². The zero-order chi connectivity index (χ0) is 24.8. The van der Waals surface area contributed by atoms with Crippen molar-refractivity contribution in [3.63, 3.8) is 0 Å². The van der Waals surface area contributed by atoms with Gasteiger partial charge in [0.05, 0.1) is 17.1 Å². The Hall–Kier alpha value is -2.30. The van der Waals surface area contributed by atoms with Gasteiger partial charge < -0.3 is 15.5 Å². The van der Waals surface area contributed by atoms with Crippen LogP contribution in [-0.4, -0.2) is 43.3 Å². The van der Waals surface area contributed by atoms with Crippen LogP contribution in [0.25, 0.3) is 0 Å². The Labute approximate surface area is 212 Å². The van der Waals surface area contributed by atoms with E-state index < -0.39 is 0 Å². The van der Waals surface area contributed by atoms with E-state index in [1.54, 1.807) is 0 Å². The molecule has 4 nitrogen and oxygen atoms in total. The second-order valence-electron chi connectivity index (χ2n) is 8.68. The lowest BCUT2D eigenvalue weighted by Crippen LogP contribution is -2.32. The summed E-state index contributed by atoms with van der Waals surface area (Å²) in [4.78, 5) is 7.14. The molecule has 0 aromatic rings. The minimum atomic E-state index is 0.686. The maximum atomic E-state index is 6.71. The summed E-state index contributed by atoms with van der Waals surface area (Å²) in [6.45, 7) is 15.5. The normalized spacial score (nSPS) is 21.2. The van der Waals surface area contributed by atoms with E-state index in [4.69, 9.17) is 11.6 Å². The third-order valence-corrected chi connectivity index (χ3v) is 6.29. The van der Waals surface area contributed by atoms with Crippen molar-refractivity contribution in [3.8, 4) is 0 Å². The van der Waals surface area contributed by atoms with E-state index >= 15 is 0 Å². The molecule has 0 unspecified atom stereocenters. The van der Waals surface area contributed by atoms with Crippen LogP contribution in [-0.2, 0) is 0 Å². The summed E-state index contributed by atoms with van der Waals surface area (Å²) in [6.07, 6.45) is 21.2. The van der Waals surface area contributed by atoms with E-state index in [1.165, 1.54) is 11.3 Å². The van der Waals surface area contributed by atoms with Gasteiger partial charge in [-0.25, -0.2) is 0 Å². The fraction of sp³-hybridized carbons (Fsp3) is 0.483. The predicted molar refractivity (Wildman–Crippen MR) is 150 cm³/mol. The van der Waals surface area contributed by atoms with Crippen LogP contribution in [0.4, 0.5) is 0 Å². The fourth-order valence-electron chi connectivity index (χ4n) is 3.84. The molecule has 0 spiro atoms. The van der Waals surface area contributed by atoms with Crippen LogP contribution in [0.3, 0.4) is 0 Å². The van der Waals surface area contributed by atoms with Crippen molar-refractivity contribution >= 4 is 17.3 Å². The monoisotopic (exact) mass is 482 g/mol. The summed E-state index contributed by atoms with van der Waals surface area (Å²) in [6, 6.07) is 0. The molecule has 1 aliphatic carbocycles. The highest BCUT2D eigenvalue weighted by Crippen LogP contribution is 2.26. The summed E-state index contributed by atoms with van der Waals surface area (Å²) < 4.78 is 0.